The first-order valence-electron chi connectivity index (χ1n) is 6.04. The monoisotopic (exact) mass is 290 g/mol. The van der Waals surface area contributed by atoms with Gasteiger partial charge in [0.05, 0.1) is 10.9 Å². The number of carbonyl (C=O) groups excluding carboxylic acids is 1. The largest absolute Gasteiger partial charge is 0.364 e. The van der Waals surface area contributed by atoms with E-state index in [0.29, 0.717) is 22.6 Å². The molecule has 0 saturated heterocycles. The number of nitrogens with zero attached hydrogens (tertiary/aromatic N) is 3. The minimum absolute atomic E-state index is 0.0608. The topological polar surface area (TPSA) is 82.4 Å². The Kier molecular flexibility index (Phi) is 2.76. The van der Waals surface area contributed by atoms with Crippen molar-refractivity contribution >= 4 is 34.1 Å². The molecule has 2 N–H and O–H groups in total. The van der Waals surface area contributed by atoms with Crippen LogP contribution in [-0.2, 0) is 6.54 Å². The first-order valence-corrected chi connectivity index (χ1v) is 6.42. The maximum Gasteiger partial charge on any atom is 0.282 e. The zero-order valence-corrected chi connectivity index (χ0v) is 11.4. The van der Waals surface area contributed by atoms with Gasteiger partial charge in [-0.2, -0.15) is 9.61 Å². The third-order valence-corrected chi connectivity index (χ3v) is 3.44. The number of aryl methyl sites for hydroxylation is 1. The molecule has 3 rings (SSSR count). The summed E-state index contributed by atoms with van der Waals surface area (Å²) in [7, 11) is 0. The van der Waals surface area contributed by atoms with Gasteiger partial charge in [0.1, 0.15) is 5.65 Å². The number of primary amides is 1. The van der Waals surface area contributed by atoms with Gasteiger partial charge in [0.15, 0.2) is 5.69 Å². The number of fused-ring (bicyclic) bond motifs is 2. The Morgan fingerprint density at radius 2 is 2.15 bits per heavy atom. The van der Waals surface area contributed by atoms with Crippen LogP contribution in [0, 0.1) is 0 Å². The summed E-state index contributed by atoms with van der Waals surface area (Å²) in [6, 6.07) is 6.61. The molecule has 0 spiro atoms. The molecule has 2 heterocycles. The van der Waals surface area contributed by atoms with Crippen molar-refractivity contribution in [3.8, 4) is 0 Å². The molecule has 20 heavy (non-hydrogen) atoms. The fourth-order valence-electron chi connectivity index (χ4n) is 2.32. The number of nitrogens with two attached hydrogens (primary N) is 1. The SMILES string of the molecule is CCn1c2ccc(Cl)cc2c(=O)n2nc(C(N)=O)cc12. The van der Waals surface area contributed by atoms with Gasteiger partial charge in [-0.25, -0.2) is 0 Å². The number of rotatable bonds is 2. The molecule has 0 atom stereocenters. The van der Waals surface area contributed by atoms with Crippen molar-refractivity contribution < 1.29 is 4.79 Å². The molecule has 3 aromatic rings. The molecule has 0 aliphatic rings. The van der Waals surface area contributed by atoms with Gasteiger partial charge in [0, 0.05) is 17.6 Å². The van der Waals surface area contributed by atoms with Crippen LogP contribution in [0.2, 0.25) is 5.02 Å². The van der Waals surface area contributed by atoms with E-state index in [9.17, 15) is 9.59 Å². The van der Waals surface area contributed by atoms with E-state index < -0.39 is 5.91 Å². The van der Waals surface area contributed by atoms with Crippen molar-refractivity contribution in [3.05, 3.63) is 45.3 Å². The lowest BCUT2D eigenvalue weighted by Crippen LogP contribution is -2.20. The maximum absolute atomic E-state index is 12.4. The van der Waals surface area contributed by atoms with Crippen LogP contribution >= 0.6 is 11.6 Å². The molecule has 2 aromatic heterocycles. The van der Waals surface area contributed by atoms with Gasteiger partial charge in [0.25, 0.3) is 11.5 Å². The molecule has 7 heteroatoms. The van der Waals surface area contributed by atoms with Crippen LogP contribution < -0.4 is 11.3 Å². The van der Waals surface area contributed by atoms with Gasteiger partial charge >= 0.3 is 0 Å². The predicted octanol–water partition coefficient (Wildman–Crippen LogP) is 1.42. The van der Waals surface area contributed by atoms with E-state index in [0.717, 1.165) is 5.52 Å². The number of hydrogen-bond donors (Lipinski definition) is 1. The molecule has 0 radical (unpaired) electrons. The van der Waals surface area contributed by atoms with E-state index in [-0.39, 0.29) is 11.3 Å². The van der Waals surface area contributed by atoms with Crippen LogP contribution in [0.5, 0.6) is 0 Å². The quantitative estimate of drug-likeness (QED) is 0.775. The second-order valence-electron chi connectivity index (χ2n) is 4.37. The summed E-state index contributed by atoms with van der Waals surface area (Å²) >= 11 is 5.94. The van der Waals surface area contributed by atoms with Crippen LogP contribution in [-0.4, -0.2) is 20.1 Å². The second kappa shape index (κ2) is 4.35. The lowest BCUT2D eigenvalue weighted by atomic mass is 10.2. The van der Waals surface area contributed by atoms with Crippen LogP contribution in [0.25, 0.3) is 16.6 Å². The normalized spacial score (nSPS) is 11.3. The summed E-state index contributed by atoms with van der Waals surface area (Å²) < 4.78 is 3.06. The first kappa shape index (κ1) is 12.7. The highest BCUT2D eigenvalue weighted by atomic mass is 35.5. The molecule has 6 nitrogen and oxygen atoms in total. The number of halogens is 1. The summed E-state index contributed by atoms with van der Waals surface area (Å²) in [5, 5.41) is 4.89. The minimum Gasteiger partial charge on any atom is -0.364 e. The highest BCUT2D eigenvalue weighted by molar-refractivity contribution is 6.31. The molecular formula is C13H11ClN4O2. The minimum atomic E-state index is -0.669. The van der Waals surface area contributed by atoms with Crippen molar-refractivity contribution in [2.45, 2.75) is 13.5 Å². The number of amides is 1. The van der Waals surface area contributed by atoms with Gasteiger partial charge in [-0.05, 0) is 25.1 Å². The average molecular weight is 291 g/mol. The van der Waals surface area contributed by atoms with Gasteiger partial charge in [-0.15, -0.1) is 0 Å². The molecule has 0 fully saturated rings. The zero-order valence-electron chi connectivity index (χ0n) is 10.6. The summed E-state index contributed by atoms with van der Waals surface area (Å²) in [5.41, 5.74) is 6.23. The molecule has 0 aliphatic carbocycles. The van der Waals surface area contributed by atoms with Crippen molar-refractivity contribution in [2.75, 3.05) is 0 Å². The predicted molar refractivity (Wildman–Crippen MR) is 76.2 cm³/mol. The van der Waals surface area contributed by atoms with E-state index in [4.69, 9.17) is 17.3 Å². The number of benzene rings is 1. The van der Waals surface area contributed by atoms with Crippen LogP contribution in [0.4, 0.5) is 0 Å². The smallest absolute Gasteiger partial charge is 0.282 e. The van der Waals surface area contributed by atoms with Crippen molar-refractivity contribution in [2.24, 2.45) is 5.73 Å². The fourth-order valence-corrected chi connectivity index (χ4v) is 2.49. The Bertz CT molecular complexity index is 910. The van der Waals surface area contributed by atoms with Crippen molar-refractivity contribution in [1.29, 1.82) is 0 Å². The lowest BCUT2D eigenvalue weighted by molar-refractivity contribution is 0.0995. The first-order chi connectivity index (χ1) is 9.52. The van der Waals surface area contributed by atoms with E-state index in [2.05, 4.69) is 5.10 Å². The van der Waals surface area contributed by atoms with Crippen LogP contribution in [0.1, 0.15) is 17.4 Å². The highest BCUT2D eigenvalue weighted by Crippen LogP contribution is 2.19. The molecule has 1 amide bonds. The fraction of sp³-hybridized carbons (Fsp3) is 0.154. The Balaban J connectivity index is 2.57. The summed E-state index contributed by atoms with van der Waals surface area (Å²) in [4.78, 5) is 23.7. The van der Waals surface area contributed by atoms with E-state index in [1.807, 2.05) is 11.5 Å². The third kappa shape index (κ3) is 1.69. The van der Waals surface area contributed by atoms with Gasteiger partial charge in [-0.1, -0.05) is 11.6 Å². The number of aromatic nitrogens is 3. The molecule has 0 bridgehead atoms. The lowest BCUT2D eigenvalue weighted by Gasteiger charge is -2.10. The number of hydrogen-bond acceptors (Lipinski definition) is 3. The zero-order chi connectivity index (χ0) is 14.4. The Morgan fingerprint density at radius 3 is 2.80 bits per heavy atom. The second-order valence-corrected chi connectivity index (χ2v) is 4.81. The average Bonchev–Trinajstić information content (AvgIpc) is 2.85. The van der Waals surface area contributed by atoms with Gasteiger partial charge < -0.3 is 10.3 Å². The summed E-state index contributed by atoms with van der Waals surface area (Å²) in [6.07, 6.45) is 0. The standard InChI is InChI=1S/C13H11ClN4O2/c1-2-17-10-4-3-7(14)5-8(10)13(20)18-11(17)6-9(16-18)12(15)19/h3-6H,2H2,1H3,(H2,15,19). The summed E-state index contributed by atoms with van der Waals surface area (Å²) in [5.74, 6) is -0.669. The molecular weight excluding hydrogens is 280 g/mol. The Hall–Kier alpha value is -2.34. The third-order valence-electron chi connectivity index (χ3n) is 3.21. The Morgan fingerprint density at radius 1 is 1.40 bits per heavy atom. The molecule has 1 aromatic carbocycles. The molecule has 0 saturated carbocycles. The molecule has 102 valence electrons. The van der Waals surface area contributed by atoms with Gasteiger partial charge in [0.2, 0.25) is 0 Å². The van der Waals surface area contributed by atoms with Gasteiger partial charge in [-0.3, -0.25) is 9.59 Å². The van der Waals surface area contributed by atoms with Crippen LogP contribution in [0.15, 0.2) is 29.1 Å². The Labute approximate surface area is 118 Å². The maximum atomic E-state index is 12.4. The van der Waals surface area contributed by atoms with E-state index in [1.54, 1.807) is 18.2 Å². The van der Waals surface area contributed by atoms with Crippen LogP contribution in [0.3, 0.4) is 0 Å². The van der Waals surface area contributed by atoms with Crippen molar-refractivity contribution in [1.82, 2.24) is 14.2 Å². The van der Waals surface area contributed by atoms with E-state index in [1.165, 1.54) is 10.6 Å². The highest BCUT2D eigenvalue weighted by Gasteiger charge is 2.15. The van der Waals surface area contributed by atoms with Crippen molar-refractivity contribution in [3.63, 3.8) is 0 Å². The molecule has 0 aliphatic heterocycles. The number of carbonyl (C=O) groups is 1. The van der Waals surface area contributed by atoms with E-state index >= 15 is 0 Å². The summed E-state index contributed by atoms with van der Waals surface area (Å²) in [6.45, 7) is 2.56. The molecule has 0 unspecified atom stereocenters.